The van der Waals surface area contributed by atoms with Crippen molar-refractivity contribution >= 4 is 56.8 Å². The molecular weight excluding hydrogens is 600 g/mol. The number of aryl methyl sites for hydroxylation is 1. The molecule has 0 aliphatic rings. The lowest BCUT2D eigenvalue weighted by atomic mass is 10.0. The first-order chi connectivity index (χ1) is 20.2. The molecule has 214 valence electrons. The van der Waals surface area contributed by atoms with Crippen LogP contribution in [0.2, 0.25) is 0 Å². The normalized spacial score (nSPS) is 11.2. The fourth-order valence-electron chi connectivity index (χ4n) is 4.13. The molecule has 0 saturated heterocycles. The summed E-state index contributed by atoms with van der Waals surface area (Å²) in [5, 5.41) is 20.3. The second-order valence-electron chi connectivity index (χ2n) is 9.59. The average Bonchev–Trinajstić information content (AvgIpc) is 2.96. The van der Waals surface area contributed by atoms with Crippen LogP contribution in [0.1, 0.15) is 27.0 Å². The zero-order chi connectivity index (χ0) is 30.1. The number of carboxylic acid groups (broad SMARTS) is 1. The van der Waals surface area contributed by atoms with Crippen molar-refractivity contribution in [3.63, 3.8) is 0 Å². The van der Waals surface area contributed by atoms with Gasteiger partial charge < -0.3 is 26.4 Å². The lowest BCUT2D eigenvalue weighted by Gasteiger charge is -2.19. The number of benzene rings is 4. The van der Waals surface area contributed by atoms with E-state index in [0.29, 0.717) is 22.6 Å². The van der Waals surface area contributed by atoms with Crippen molar-refractivity contribution < 1.29 is 24.3 Å². The van der Waals surface area contributed by atoms with E-state index in [-0.39, 0.29) is 30.3 Å². The maximum Gasteiger partial charge on any atom is 0.335 e. The van der Waals surface area contributed by atoms with Gasteiger partial charge in [0.15, 0.2) is 0 Å². The minimum atomic E-state index is -1.07. The number of carbonyl (C=O) groups is 4. The highest BCUT2D eigenvalue weighted by molar-refractivity contribution is 9.10. The van der Waals surface area contributed by atoms with Gasteiger partial charge in [-0.1, -0.05) is 58.4 Å². The number of halogens is 1. The minimum absolute atomic E-state index is 0.0209. The molecule has 4 aromatic rings. The first-order valence-electron chi connectivity index (χ1n) is 13.1. The van der Waals surface area contributed by atoms with Crippen molar-refractivity contribution in [3.8, 4) is 0 Å². The third-order valence-electron chi connectivity index (χ3n) is 6.37. The number of nitrogens with one attached hydrogen (secondary N) is 4. The quantitative estimate of drug-likeness (QED) is 0.146. The lowest BCUT2D eigenvalue weighted by Crippen LogP contribution is -2.45. The molecule has 5 N–H and O–H groups in total. The average molecular weight is 630 g/mol. The van der Waals surface area contributed by atoms with Gasteiger partial charge in [0.05, 0.1) is 12.0 Å². The van der Waals surface area contributed by atoms with Crippen LogP contribution in [0.3, 0.4) is 0 Å². The number of anilines is 3. The van der Waals surface area contributed by atoms with Crippen LogP contribution in [0.25, 0.3) is 0 Å². The number of carbonyl (C=O) groups excluding carboxylic acids is 3. The summed E-state index contributed by atoms with van der Waals surface area (Å²) in [5.41, 5.74) is 4.27. The summed E-state index contributed by atoms with van der Waals surface area (Å²) in [6, 6.07) is 26.3. The maximum atomic E-state index is 13.2. The molecule has 0 radical (unpaired) electrons. The second-order valence-corrected chi connectivity index (χ2v) is 10.5. The largest absolute Gasteiger partial charge is 0.478 e. The van der Waals surface area contributed by atoms with E-state index in [9.17, 15) is 19.2 Å². The van der Waals surface area contributed by atoms with Crippen LogP contribution < -0.4 is 21.3 Å². The molecule has 0 saturated carbocycles. The highest BCUT2D eigenvalue weighted by atomic mass is 79.9. The van der Waals surface area contributed by atoms with Crippen LogP contribution in [0, 0.1) is 6.92 Å². The van der Waals surface area contributed by atoms with Crippen LogP contribution in [0.4, 0.5) is 21.9 Å². The Kier molecular flexibility index (Phi) is 10.1. The predicted octanol–water partition coefficient (Wildman–Crippen LogP) is 6.01. The number of hydrogen-bond donors (Lipinski definition) is 5. The third kappa shape index (κ3) is 8.77. The van der Waals surface area contributed by atoms with E-state index in [1.807, 2.05) is 55.5 Å². The van der Waals surface area contributed by atoms with E-state index in [4.69, 9.17) is 5.11 Å². The van der Waals surface area contributed by atoms with Crippen molar-refractivity contribution in [2.75, 3.05) is 16.0 Å². The Morgan fingerprint density at radius 2 is 1.33 bits per heavy atom. The summed E-state index contributed by atoms with van der Waals surface area (Å²) in [6.07, 6.45) is 0.268. The Hall–Kier alpha value is -4.96. The predicted molar refractivity (Wildman–Crippen MR) is 166 cm³/mol. The summed E-state index contributed by atoms with van der Waals surface area (Å²) >= 11 is 3.40. The summed E-state index contributed by atoms with van der Waals surface area (Å²) in [6.45, 7) is 1.90. The van der Waals surface area contributed by atoms with Crippen molar-refractivity contribution in [1.29, 1.82) is 0 Å². The van der Waals surface area contributed by atoms with Gasteiger partial charge in [-0.2, -0.15) is 0 Å². The fourth-order valence-corrected chi connectivity index (χ4v) is 4.39. The minimum Gasteiger partial charge on any atom is -0.478 e. The second kappa shape index (κ2) is 14.1. The smallest absolute Gasteiger partial charge is 0.335 e. The van der Waals surface area contributed by atoms with Crippen LogP contribution in [0.15, 0.2) is 102 Å². The number of urea groups is 1. The molecule has 0 spiro atoms. The van der Waals surface area contributed by atoms with Gasteiger partial charge in [-0.25, -0.2) is 9.59 Å². The van der Waals surface area contributed by atoms with E-state index in [0.717, 1.165) is 15.6 Å². The summed E-state index contributed by atoms with van der Waals surface area (Å²) in [4.78, 5) is 49.7. The van der Waals surface area contributed by atoms with E-state index in [1.165, 1.54) is 24.3 Å². The summed E-state index contributed by atoms with van der Waals surface area (Å²) < 4.78 is 0.889. The lowest BCUT2D eigenvalue weighted by molar-refractivity contribution is -0.126. The van der Waals surface area contributed by atoms with Gasteiger partial charge in [0.2, 0.25) is 11.8 Å². The molecule has 0 unspecified atom stereocenters. The SMILES string of the molecule is Cc1ccccc1NC(=O)Nc1ccc(CC(=O)N[C@@H](Cc2ccc(Br)cc2)C(=O)Nc2ccc(C(=O)O)cc2)cc1. The Balaban J connectivity index is 1.38. The Bertz CT molecular complexity index is 1570. The molecule has 0 heterocycles. The van der Waals surface area contributed by atoms with Gasteiger partial charge in [0.25, 0.3) is 0 Å². The number of para-hydroxylation sites is 1. The van der Waals surface area contributed by atoms with Crippen LogP contribution in [0.5, 0.6) is 0 Å². The van der Waals surface area contributed by atoms with Crippen LogP contribution in [-0.4, -0.2) is 35.0 Å². The van der Waals surface area contributed by atoms with Crippen LogP contribution in [-0.2, 0) is 22.4 Å². The van der Waals surface area contributed by atoms with Gasteiger partial charge in [0, 0.05) is 28.0 Å². The zero-order valence-corrected chi connectivity index (χ0v) is 24.3. The molecule has 42 heavy (non-hydrogen) atoms. The molecule has 0 bridgehead atoms. The number of carboxylic acids is 1. The third-order valence-corrected chi connectivity index (χ3v) is 6.90. The molecule has 0 aromatic heterocycles. The number of aromatic carboxylic acids is 1. The summed E-state index contributed by atoms with van der Waals surface area (Å²) in [5.74, 6) is -1.86. The van der Waals surface area contributed by atoms with Gasteiger partial charge in [-0.3, -0.25) is 9.59 Å². The van der Waals surface area contributed by atoms with Gasteiger partial charge in [-0.15, -0.1) is 0 Å². The van der Waals surface area contributed by atoms with Crippen LogP contribution >= 0.6 is 15.9 Å². The molecule has 1 atom stereocenters. The van der Waals surface area contributed by atoms with Gasteiger partial charge in [0.1, 0.15) is 6.04 Å². The van der Waals surface area contributed by atoms with Crippen molar-refractivity contribution in [2.24, 2.45) is 0 Å². The molecule has 0 fully saturated rings. The van der Waals surface area contributed by atoms with E-state index >= 15 is 0 Å². The van der Waals surface area contributed by atoms with Crippen molar-refractivity contribution in [2.45, 2.75) is 25.8 Å². The molecular formula is C32H29BrN4O5. The van der Waals surface area contributed by atoms with E-state index in [2.05, 4.69) is 37.2 Å². The van der Waals surface area contributed by atoms with Crippen molar-refractivity contribution in [1.82, 2.24) is 5.32 Å². The van der Waals surface area contributed by atoms with Gasteiger partial charge >= 0.3 is 12.0 Å². The first-order valence-corrected chi connectivity index (χ1v) is 13.9. The molecule has 4 rings (SSSR count). The van der Waals surface area contributed by atoms with Gasteiger partial charge in [-0.05, 0) is 78.2 Å². The molecule has 0 aliphatic carbocycles. The molecule has 9 nitrogen and oxygen atoms in total. The Labute approximate surface area is 251 Å². The molecule has 0 aliphatic heterocycles. The standard InChI is InChI=1S/C32H29BrN4O5/c1-20-4-2-3-5-27(20)37-32(42)35-26-14-8-22(9-15-26)19-29(38)36-28(18-21-6-12-24(33)13-7-21)30(39)34-25-16-10-23(11-17-25)31(40)41/h2-17,28H,18-19H2,1H3,(H,34,39)(H,36,38)(H,40,41)(H2,35,37,42)/t28-/m0/s1. The first kappa shape index (κ1) is 30.0. The Morgan fingerprint density at radius 3 is 1.98 bits per heavy atom. The molecule has 4 aromatic carbocycles. The monoisotopic (exact) mass is 628 g/mol. The molecule has 4 amide bonds. The number of amides is 4. The topological polar surface area (TPSA) is 137 Å². The number of rotatable bonds is 10. The fraction of sp³-hybridized carbons (Fsp3) is 0.125. The Morgan fingerprint density at radius 1 is 0.738 bits per heavy atom. The van der Waals surface area contributed by atoms with Crippen molar-refractivity contribution in [3.05, 3.63) is 124 Å². The maximum absolute atomic E-state index is 13.2. The number of hydrogen-bond acceptors (Lipinski definition) is 4. The zero-order valence-electron chi connectivity index (χ0n) is 22.7. The van der Waals surface area contributed by atoms with E-state index < -0.39 is 17.9 Å². The van der Waals surface area contributed by atoms with E-state index in [1.54, 1.807) is 24.3 Å². The molecule has 10 heteroatoms. The highest BCUT2D eigenvalue weighted by Crippen LogP contribution is 2.17. The summed E-state index contributed by atoms with van der Waals surface area (Å²) in [7, 11) is 0. The highest BCUT2D eigenvalue weighted by Gasteiger charge is 2.22.